The highest BCUT2D eigenvalue weighted by Crippen LogP contribution is 2.18. The van der Waals surface area contributed by atoms with Crippen LogP contribution in [0.1, 0.15) is 41.6 Å². The predicted octanol–water partition coefficient (Wildman–Crippen LogP) is 1.53. The molecule has 0 radical (unpaired) electrons. The molecule has 0 bridgehead atoms. The molecule has 0 saturated carbocycles. The van der Waals surface area contributed by atoms with Gasteiger partial charge in [0.25, 0.3) is 11.8 Å². The molecule has 2 N–H and O–H groups in total. The normalized spacial score (nSPS) is 11.3. The van der Waals surface area contributed by atoms with Crippen LogP contribution in [0.4, 0.5) is 0 Å². The van der Waals surface area contributed by atoms with Crippen molar-refractivity contribution in [3.63, 3.8) is 0 Å². The van der Waals surface area contributed by atoms with Crippen molar-refractivity contribution >= 4 is 21.8 Å². The summed E-state index contributed by atoms with van der Waals surface area (Å²) in [5.74, 6) is -0.502. The number of amides is 2. The topological polar surface area (TPSA) is 110 Å². The lowest BCUT2D eigenvalue weighted by atomic mass is 10.2. The first-order chi connectivity index (χ1) is 13.7. The van der Waals surface area contributed by atoms with Gasteiger partial charge in [-0.15, -0.1) is 0 Å². The molecule has 0 saturated heterocycles. The van der Waals surface area contributed by atoms with Crippen LogP contribution in [0.15, 0.2) is 41.4 Å². The second-order valence-electron chi connectivity index (χ2n) is 6.13. The van der Waals surface area contributed by atoms with Crippen LogP contribution >= 0.6 is 0 Å². The van der Waals surface area contributed by atoms with E-state index in [0.717, 1.165) is 0 Å². The van der Waals surface area contributed by atoms with Crippen molar-refractivity contribution in [1.29, 1.82) is 0 Å². The fourth-order valence-electron chi connectivity index (χ4n) is 2.73. The lowest BCUT2D eigenvalue weighted by molar-refractivity contribution is 0.0842. The lowest BCUT2D eigenvalue weighted by Crippen LogP contribution is -2.42. The number of aromatic nitrogens is 1. The second-order valence-corrected chi connectivity index (χ2v) is 8.06. The molecule has 0 atom stereocenters. The third kappa shape index (κ3) is 5.15. The summed E-state index contributed by atoms with van der Waals surface area (Å²) >= 11 is 0. The molecule has 1 aromatic carbocycles. The Hall–Kier alpha value is -2.85. The van der Waals surface area contributed by atoms with E-state index in [-0.39, 0.29) is 10.6 Å². The molecule has 0 unspecified atom stereocenters. The SMILES string of the molecule is CCOc1ccc(C(=O)NNC(=O)c2cc(S(=O)(=O)N(CC)CC)cn2C)cc1. The minimum Gasteiger partial charge on any atom is -0.494 e. The Morgan fingerprint density at radius 3 is 2.17 bits per heavy atom. The van der Waals surface area contributed by atoms with Gasteiger partial charge in [0.2, 0.25) is 10.0 Å². The molecule has 10 heteroatoms. The number of sulfonamides is 1. The number of carbonyl (C=O) groups is 2. The van der Waals surface area contributed by atoms with Gasteiger partial charge in [-0.05, 0) is 37.3 Å². The zero-order chi connectivity index (χ0) is 21.6. The van der Waals surface area contributed by atoms with Crippen molar-refractivity contribution in [2.24, 2.45) is 7.05 Å². The van der Waals surface area contributed by atoms with Crippen LogP contribution in [0, 0.1) is 0 Å². The average molecular weight is 423 g/mol. The van der Waals surface area contributed by atoms with Crippen LogP contribution in [0.3, 0.4) is 0 Å². The third-order valence-electron chi connectivity index (χ3n) is 4.27. The van der Waals surface area contributed by atoms with E-state index in [2.05, 4.69) is 10.9 Å². The number of nitrogens with one attached hydrogen (secondary N) is 2. The zero-order valence-electron chi connectivity index (χ0n) is 16.9. The Morgan fingerprint density at radius 1 is 1.03 bits per heavy atom. The van der Waals surface area contributed by atoms with Crippen molar-refractivity contribution in [1.82, 2.24) is 19.7 Å². The van der Waals surface area contributed by atoms with E-state index in [4.69, 9.17) is 4.74 Å². The summed E-state index contributed by atoms with van der Waals surface area (Å²) in [7, 11) is -2.13. The number of nitrogens with zero attached hydrogens (tertiary/aromatic N) is 2. The van der Waals surface area contributed by atoms with Gasteiger partial charge in [0.05, 0.1) is 6.61 Å². The van der Waals surface area contributed by atoms with Crippen molar-refractivity contribution in [2.75, 3.05) is 19.7 Å². The molecule has 0 aliphatic rings. The molecule has 1 aromatic heterocycles. The fraction of sp³-hybridized carbons (Fsp3) is 0.368. The van der Waals surface area contributed by atoms with E-state index >= 15 is 0 Å². The standard InChI is InChI=1S/C19H26N4O5S/c1-5-23(6-2)29(26,27)16-12-17(22(4)13-16)19(25)21-20-18(24)14-8-10-15(11-9-14)28-7-3/h8-13H,5-7H2,1-4H3,(H,20,24)(H,21,25). The van der Waals surface area contributed by atoms with E-state index in [1.54, 1.807) is 45.2 Å². The number of hydrazine groups is 1. The van der Waals surface area contributed by atoms with Crippen LogP contribution in [-0.2, 0) is 17.1 Å². The molecule has 2 aromatic rings. The van der Waals surface area contributed by atoms with Gasteiger partial charge in [-0.25, -0.2) is 8.42 Å². The van der Waals surface area contributed by atoms with Gasteiger partial charge in [-0.2, -0.15) is 4.31 Å². The summed E-state index contributed by atoms with van der Waals surface area (Å²) in [6.45, 7) is 6.52. The Kier molecular flexibility index (Phi) is 7.40. The number of carbonyl (C=O) groups excluding carboxylic acids is 2. The summed E-state index contributed by atoms with van der Waals surface area (Å²) < 4.78 is 33.2. The van der Waals surface area contributed by atoms with Crippen LogP contribution in [0.25, 0.3) is 0 Å². The number of ether oxygens (including phenoxy) is 1. The Labute approximate surface area is 170 Å². The van der Waals surface area contributed by atoms with Crippen LogP contribution in [0.5, 0.6) is 5.75 Å². The maximum absolute atomic E-state index is 12.6. The Bertz CT molecular complexity index is 963. The molecule has 0 spiro atoms. The van der Waals surface area contributed by atoms with Gasteiger partial charge in [0.1, 0.15) is 16.3 Å². The number of rotatable bonds is 8. The summed E-state index contributed by atoms with van der Waals surface area (Å²) in [6, 6.07) is 7.74. The predicted molar refractivity (Wildman–Crippen MR) is 108 cm³/mol. The van der Waals surface area contributed by atoms with E-state index in [9.17, 15) is 18.0 Å². The van der Waals surface area contributed by atoms with Crippen molar-refractivity contribution in [2.45, 2.75) is 25.7 Å². The maximum Gasteiger partial charge on any atom is 0.286 e. The fourth-order valence-corrected chi connectivity index (χ4v) is 4.26. The Balaban J connectivity index is 2.08. The summed E-state index contributed by atoms with van der Waals surface area (Å²) in [4.78, 5) is 24.6. The molecule has 0 aliphatic carbocycles. The Morgan fingerprint density at radius 2 is 1.62 bits per heavy atom. The smallest absolute Gasteiger partial charge is 0.286 e. The van der Waals surface area contributed by atoms with Gasteiger partial charge in [0, 0.05) is 31.9 Å². The van der Waals surface area contributed by atoms with Gasteiger partial charge in [-0.3, -0.25) is 20.4 Å². The van der Waals surface area contributed by atoms with Crippen molar-refractivity contribution in [3.05, 3.63) is 47.8 Å². The molecule has 158 valence electrons. The minimum atomic E-state index is -3.69. The molecule has 0 fully saturated rings. The molecule has 1 heterocycles. The number of benzene rings is 1. The van der Waals surface area contributed by atoms with E-state index in [1.807, 2.05) is 6.92 Å². The highest BCUT2D eigenvalue weighted by atomic mass is 32.2. The van der Waals surface area contributed by atoms with Gasteiger partial charge >= 0.3 is 0 Å². The molecular weight excluding hydrogens is 396 g/mol. The van der Waals surface area contributed by atoms with Crippen LogP contribution in [0.2, 0.25) is 0 Å². The van der Waals surface area contributed by atoms with Crippen LogP contribution in [-0.4, -0.2) is 48.8 Å². The third-order valence-corrected chi connectivity index (χ3v) is 6.29. The molecule has 0 aliphatic heterocycles. The van der Waals surface area contributed by atoms with E-state index in [0.29, 0.717) is 31.0 Å². The van der Waals surface area contributed by atoms with Gasteiger partial charge < -0.3 is 9.30 Å². The first-order valence-corrected chi connectivity index (χ1v) is 10.7. The zero-order valence-corrected chi connectivity index (χ0v) is 17.7. The van der Waals surface area contributed by atoms with Gasteiger partial charge in [-0.1, -0.05) is 13.8 Å². The van der Waals surface area contributed by atoms with Crippen molar-refractivity contribution in [3.8, 4) is 5.75 Å². The monoisotopic (exact) mass is 422 g/mol. The highest BCUT2D eigenvalue weighted by molar-refractivity contribution is 7.89. The van der Waals surface area contributed by atoms with Crippen molar-refractivity contribution < 1.29 is 22.7 Å². The number of hydrogen-bond acceptors (Lipinski definition) is 5. The first-order valence-electron chi connectivity index (χ1n) is 9.24. The summed E-state index contributed by atoms with van der Waals surface area (Å²) in [5.41, 5.74) is 5.06. The average Bonchev–Trinajstić information content (AvgIpc) is 3.10. The van der Waals surface area contributed by atoms with Crippen LogP contribution < -0.4 is 15.6 Å². The number of hydrogen-bond donors (Lipinski definition) is 2. The number of aryl methyl sites for hydroxylation is 1. The van der Waals surface area contributed by atoms with E-state index in [1.165, 1.54) is 21.1 Å². The largest absolute Gasteiger partial charge is 0.494 e. The summed E-state index contributed by atoms with van der Waals surface area (Å²) in [5, 5.41) is 0. The van der Waals surface area contributed by atoms with Gasteiger partial charge in [0.15, 0.2) is 0 Å². The summed E-state index contributed by atoms with van der Waals surface area (Å²) in [6.07, 6.45) is 1.37. The molecule has 2 amide bonds. The minimum absolute atomic E-state index is 0.0201. The first kappa shape index (κ1) is 22.4. The lowest BCUT2D eigenvalue weighted by Gasteiger charge is -2.17. The second kappa shape index (κ2) is 9.57. The molecular formula is C19H26N4O5S. The molecule has 9 nitrogen and oxygen atoms in total. The molecule has 29 heavy (non-hydrogen) atoms. The van der Waals surface area contributed by atoms with E-state index < -0.39 is 21.8 Å². The quantitative estimate of drug-likeness (QED) is 0.627. The maximum atomic E-state index is 12.6. The molecule has 2 rings (SSSR count). The highest BCUT2D eigenvalue weighted by Gasteiger charge is 2.25.